The second-order valence-corrected chi connectivity index (χ2v) is 4.28. The van der Waals surface area contributed by atoms with Crippen molar-refractivity contribution in [2.75, 3.05) is 25.1 Å². The van der Waals surface area contributed by atoms with Crippen molar-refractivity contribution in [1.82, 2.24) is 9.78 Å². The van der Waals surface area contributed by atoms with E-state index in [1.165, 1.54) is 10.9 Å². The van der Waals surface area contributed by atoms with Crippen LogP contribution >= 0.6 is 15.9 Å². The van der Waals surface area contributed by atoms with Crippen molar-refractivity contribution in [3.8, 4) is 12.3 Å². The molecule has 3 N–H and O–H groups in total. The van der Waals surface area contributed by atoms with E-state index in [2.05, 4.69) is 32.3 Å². The molecule has 102 valence electrons. The zero-order valence-corrected chi connectivity index (χ0v) is 11.6. The minimum Gasteiger partial charge on any atom is -0.380 e. The van der Waals surface area contributed by atoms with Gasteiger partial charge in [0.1, 0.15) is 17.6 Å². The molecule has 19 heavy (non-hydrogen) atoms. The molecule has 0 aliphatic heterocycles. The van der Waals surface area contributed by atoms with Crippen LogP contribution in [0.5, 0.6) is 0 Å². The average Bonchev–Trinajstić information content (AvgIpc) is 2.37. The number of carbonyl (C=O) groups is 1. The van der Waals surface area contributed by atoms with E-state index < -0.39 is 5.91 Å². The lowest BCUT2D eigenvalue weighted by Crippen LogP contribution is -2.25. The molecule has 0 unspecified atom stereocenters. The lowest BCUT2D eigenvalue weighted by atomic mass is 10.4. The van der Waals surface area contributed by atoms with Gasteiger partial charge in [0.25, 0.3) is 5.56 Å². The van der Waals surface area contributed by atoms with Gasteiger partial charge in [-0.1, -0.05) is 5.92 Å². The van der Waals surface area contributed by atoms with Crippen molar-refractivity contribution in [2.45, 2.75) is 6.54 Å². The van der Waals surface area contributed by atoms with Crippen LogP contribution in [0.1, 0.15) is 0 Å². The second kappa shape index (κ2) is 7.56. The standard InChI is InChI=1S/C11H13BrN4O3/c1-2-4-16-11(18)10(12)8(6-15-16)14-3-5-19-7-9(13)17/h1,6,14H,3-5,7H2,(H2,13,17). The maximum atomic E-state index is 11.8. The topological polar surface area (TPSA) is 99.2 Å². The molecule has 1 rings (SSSR count). The Balaban J connectivity index is 2.56. The van der Waals surface area contributed by atoms with Crippen LogP contribution < -0.4 is 16.6 Å². The quantitative estimate of drug-likeness (QED) is 0.522. The number of nitrogens with one attached hydrogen (secondary N) is 1. The van der Waals surface area contributed by atoms with Crippen LogP contribution in [0.4, 0.5) is 5.69 Å². The van der Waals surface area contributed by atoms with Gasteiger partial charge >= 0.3 is 0 Å². The molecule has 0 bridgehead atoms. The number of anilines is 1. The molecule has 1 heterocycles. The average molecular weight is 329 g/mol. The molecule has 0 aliphatic rings. The highest BCUT2D eigenvalue weighted by atomic mass is 79.9. The Morgan fingerprint density at radius 1 is 1.68 bits per heavy atom. The minimum absolute atomic E-state index is 0.111. The SMILES string of the molecule is C#CCn1ncc(NCCOCC(N)=O)c(Br)c1=O. The molecule has 1 amide bonds. The number of ether oxygens (including phenoxy) is 1. The molecule has 0 radical (unpaired) electrons. The first-order valence-electron chi connectivity index (χ1n) is 5.35. The molecule has 0 atom stereocenters. The summed E-state index contributed by atoms with van der Waals surface area (Å²) in [6, 6.07) is 0. The van der Waals surface area contributed by atoms with Gasteiger partial charge in [0.05, 0.1) is 18.5 Å². The second-order valence-electron chi connectivity index (χ2n) is 3.48. The van der Waals surface area contributed by atoms with Crippen LogP contribution in [0.15, 0.2) is 15.5 Å². The van der Waals surface area contributed by atoms with Crippen LogP contribution in [-0.2, 0) is 16.1 Å². The molecule has 7 nitrogen and oxygen atoms in total. The summed E-state index contributed by atoms with van der Waals surface area (Å²) in [6.45, 7) is 0.666. The third-order valence-electron chi connectivity index (χ3n) is 2.03. The summed E-state index contributed by atoms with van der Waals surface area (Å²) >= 11 is 3.17. The molecule has 0 aliphatic carbocycles. The largest absolute Gasteiger partial charge is 0.380 e. The van der Waals surface area contributed by atoms with E-state index >= 15 is 0 Å². The van der Waals surface area contributed by atoms with Gasteiger partial charge in [-0.2, -0.15) is 5.10 Å². The summed E-state index contributed by atoms with van der Waals surface area (Å²) in [7, 11) is 0. The highest BCUT2D eigenvalue weighted by Crippen LogP contribution is 2.15. The van der Waals surface area contributed by atoms with Gasteiger partial charge in [-0.25, -0.2) is 4.68 Å². The number of primary amides is 1. The predicted octanol–water partition coefficient (Wildman–Crippen LogP) is -0.447. The van der Waals surface area contributed by atoms with Gasteiger partial charge in [0, 0.05) is 6.54 Å². The van der Waals surface area contributed by atoms with Crippen LogP contribution in [0.25, 0.3) is 0 Å². The smallest absolute Gasteiger partial charge is 0.284 e. The highest BCUT2D eigenvalue weighted by Gasteiger charge is 2.07. The zero-order chi connectivity index (χ0) is 14.3. The van der Waals surface area contributed by atoms with E-state index in [1.54, 1.807) is 0 Å². The van der Waals surface area contributed by atoms with E-state index in [0.29, 0.717) is 16.7 Å². The molecule has 0 spiro atoms. The number of rotatable bonds is 7. The number of hydrogen-bond donors (Lipinski definition) is 2. The fourth-order valence-corrected chi connectivity index (χ4v) is 1.67. The Morgan fingerprint density at radius 2 is 2.42 bits per heavy atom. The fraction of sp³-hybridized carbons (Fsp3) is 0.364. The maximum absolute atomic E-state index is 11.8. The van der Waals surface area contributed by atoms with Crippen molar-refractivity contribution < 1.29 is 9.53 Å². The molecule has 8 heteroatoms. The molecule has 0 saturated heterocycles. The lowest BCUT2D eigenvalue weighted by molar-refractivity contribution is -0.122. The van der Waals surface area contributed by atoms with Gasteiger partial charge < -0.3 is 15.8 Å². The van der Waals surface area contributed by atoms with E-state index in [1.807, 2.05) is 0 Å². The number of terminal acetylenes is 1. The Bertz CT molecular complexity index is 550. The van der Waals surface area contributed by atoms with Crippen LogP contribution in [0, 0.1) is 12.3 Å². The van der Waals surface area contributed by atoms with Crippen LogP contribution in [0.2, 0.25) is 0 Å². The van der Waals surface area contributed by atoms with Crippen LogP contribution in [0.3, 0.4) is 0 Å². The number of amides is 1. The molecular weight excluding hydrogens is 316 g/mol. The zero-order valence-electron chi connectivity index (χ0n) is 10.1. The van der Waals surface area contributed by atoms with Crippen molar-refractivity contribution >= 4 is 27.5 Å². The summed E-state index contributed by atoms with van der Waals surface area (Å²) < 4.78 is 6.47. The number of nitrogens with zero attached hydrogens (tertiary/aromatic N) is 2. The number of aromatic nitrogens is 2. The predicted molar refractivity (Wildman–Crippen MR) is 73.5 cm³/mol. The summed E-state index contributed by atoms with van der Waals surface area (Å²) in [5, 5.41) is 6.86. The Morgan fingerprint density at radius 3 is 3.05 bits per heavy atom. The first-order valence-corrected chi connectivity index (χ1v) is 6.14. The third kappa shape index (κ3) is 4.73. The summed E-state index contributed by atoms with van der Waals surface area (Å²) in [4.78, 5) is 22.2. The van der Waals surface area contributed by atoms with Gasteiger partial charge in [0.2, 0.25) is 5.91 Å². The number of hydrogen-bond acceptors (Lipinski definition) is 5. The number of nitrogens with two attached hydrogens (primary N) is 1. The van der Waals surface area contributed by atoms with Gasteiger partial charge in [0.15, 0.2) is 0 Å². The third-order valence-corrected chi connectivity index (χ3v) is 2.80. The first-order chi connectivity index (χ1) is 9.06. The van der Waals surface area contributed by atoms with Crippen molar-refractivity contribution in [3.05, 3.63) is 21.0 Å². The maximum Gasteiger partial charge on any atom is 0.284 e. The lowest BCUT2D eigenvalue weighted by Gasteiger charge is -2.09. The van der Waals surface area contributed by atoms with Gasteiger partial charge in [-0.3, -0.25) is 9.59 Å². The summed E-state index contributed by atoms with van der Waals surface area (Å²) in [6.07, 6.45) is 6.60. The summed E-state index contributed by atoms with van der Waals surface area (Å²) in [5.41, 5.74) is 5.12. The van der Waals surface area contributed by atoms with E-state index in [4.69, 9.17) is 16.9 Å². The molecule has 1 aromatic rings. The Labute approximate surface area is 118 Å². The molecule has 0 fully saturated rings. The van der Waals surface area contributed by atoms with Crippen molar-refractivity contribution in [2.24, 2.45) is 5.73 Å². The van der Waals surface area contributed by atoms with Crippen molar-refractivity contribution in [1.29, 1.82) is 0 Å². The molecule has 0 saturated carbocycles. The molecule has 1 aromatic heterocycles. The van der Waals surface area contributed by atoms with E-state index in [0.717, 1.165) is 0 Å². The van der Waals surface area contributed by atoms with Gasteiger partial charge in [-0.15, -0.1) is 6.42 Å². The fourth-order valence-electron chi connectivity index (χ4n) is 1.22. The summed E-state index contributed by atoms with van der Waals surface area (Å²) in [5.74, 6) is 1.81. The Kier molecular flexibility index (Phi) is 6.05. The minimum atomic E-state index is -0.528. The Hall–Kier alpha value is -1.85. The highest BCUT2D eigenvalue weighted by molar-refractivity contribution is 9.10. The number of halogens is 1. The molecule has 0 aromatic carbocycles. The van der Waals surface area contributed by atoms with E-state index in [9.17, 15) is 9.59 Å². The molecular formula is C11H13BrN4O3. The van der Waals surface area contributed by atoms with Gasteiger partial charge in [-0.05, 0) is 15.9 Å². The van der Waals surface area contributed by atoms with Crippen molar-refractivity contribution in [3.63, 3.8) is 0 Å². The monoisotopic (exact) mass is 328 g/mol. The number of carbonyl (C=O) groups excluding carboxylic acids is 1. The van der Waals surface area contributed by atoms with Crippen LogP contribution in [-0.4, -0.2) is 35.4 Å². The van der Waals surface area contributed by atoms with E-state index in [-0.39, 0.29) is 25.3 Å². The normalized spacial score (nSPS) is 9.89. The first kappa shape index (κ1) is 15.2.